The summed E-state index contributed by atoms with van der Waals surface area (Å²) in [5.74, 6) is -0.170. The maximum absolute atomic E-state index is 11.8. The summed E-state index contributed by atoms with van der Waals surface area (Å²) >= 11 is 0. The highest BCUT2D eigenvalue weighted by atomic mass is 16.4. The third kappa shape index (κ3) is 4.25. The van der Waals surface area contributed by atoms with Gasteiger partial charge in [0.25, 0.3) is 0 Å². The van der Waals surface area contributed by atoms with Gasteiger partial charge in [-0.15, -0.1) is 0 Å². The second kappa shape index (κ2) is 6.93. The van der Waals surface area contributed by atoms with Gasteiger partial charge in [0.15, 0.2) is 0 Å². The van der Waals surface area contributed by atoms with Gasteiger partial charge in [0.2, 0.25) is 5.89 Å². The minimum Gasteiger partial charge on any atom is -0.480 e. The summed E-state index contributed by atoms with van der Waals surface area (Å²) in [5.41, 5.74) is 0. The van der Waals surface area contributed by atoms with Crippen LogP contribution < -0.4 is 10.6 Å². The van der Waals surface area contributed by atoms with E-state index in [1.807, 2.05) is 6.92 Å². The predicted molar refractivity (Wildman–Crippen MR) is 72.2 cm³/mol. The summed E-state index contributed by atoms with van der Waals surface area (Å²) in [6.45, 7) is 7.12. The molecule has 20 heavy (non-hydrogen) atoms. The van der Waals surface area contributed by atoms with Gasteiger partial charge >= 0.3 is 12.0 Å². The number of hydrogen-bond acceptors (Lipinski definition) is 4. The van der Waals surface area contributed by atoms with Crippen LogP contribution in [0.3, 0.4) is 0 Å². The Morgan fingerprint density at radius 2 is 2.05 bits per heavy atom. The number of carboxylic acids is 1. The molecule has 0 fully saturated rings. The molecule has 2 amide bonds. The molecule has 0 saturated carbocycles. The summed E-state index contributed by atoms with van der Waals surface area (Å²) in [5, 5.41) is 14.2. The standard InChI is InChI=1S/C13H21N3O4/c1-5-7(2)10(12(17)18)16-13(19)15-9(4)11-14-6-8(3)20-11/h6-7,9-10H,5H2,1-4H3,(H,17,18)(H2,15,16,19). The van der Waals surface area contributed by atoms with Crippen LogP contribution in [0.25, 0.3) is 0 Å². The molecular weight excluding hydrogens is 262 g/mol. The fourth-order valence-electron chi connectivity index (χ4n) is 1.70. The molecule has 112 valence electrons. The molecule has 0 aromatic carbocycles. The van der Waals surface area contributed by atoms with Crippen LogP contribution in [0.5, 0.6) is 0 Å². The normalized spacial score (nSPS) is 15.2. The highest BCUT2D eigenvalue weighted by Crippen LogP contribution is 2.12. The molecule has 1 rings (SSSR count). The van der Waals surface area contributed by atoms with Gasteiger partial charge in [-0.05, 0) is 19.8 Å². The van der Waals surface area contributed by atoms with Crippen LogP contribution in [-0.2, 0) is 4.79 Å². The van der Waals surface area contributed by atoms with Crippen LogP contribution in [0.2, 0.25) is 0 Å². The number of nitrogens with zero attached hydrogens (tertiary/aromatic N) is 1. The zero-order valence-corrected chi connectivity index (χ0v) is 12.1. The van der Waals surface area contributed by atoms with Crippen LogP contribution in [0, 0.1) is 12.8 Å². The molecule has 0 spiro atoms. The Bertz CT molecular complexity index is 472. The van der Waals surface area contributed by atoms with Crippen molar-refractivity contribution in [2.75, 3.05) is 0 Å². The van der Waals surface area contributed by atoms with E-state index in [0.29, 0.717) is 18.1 Å². The second-order valence-electron chi connectivity index (χ2n) is 4.85. The maximum Gasteiger partial charge on any atom is 0.326 e. The maximum atomic E-state index is 11.8. The smallest absolute Gasteiger partial charge is 0.326 e. The summed E-state index contributed by atoms with van der Waals surface area (Å²) in [6.07, 6.45) is 2.22. The van der Waals surface area contributed by atoms with Crippen molar-refractivity contribution in [1.29, 1.82) is 0 Å². The van der Waals surface area contributed by atoms with Crippen LogP contribution in [-0.4, -0.2) is 28.1 Å². The summed E-state index contributed by atoms with van der Waals surface area (Å²) in [4.78, 5) is 26.9. The molecule has 1 aromatic heterocycles. The van der Waals surface area contributed by atoms with Gasteiger partial charge in [-0.2, -0.15) is 0 Å². The van der Waals surface area contributed by atoms with E-state index in [-0.39, 0.29) is 5.92 Å². The number of carbonyl (C=O) groups is 2. The van der Waals surface area contributed by atoms with Crippen molar-refractivity contribution in [3.8, 4) is 0 Å². The minimum atomic E-state index is -1.05. The zero-order valence-electron chi connectivity index (χ0n) is 12.1. The van der Waals surface area contributed by atoms with E-state index in [2.05, 4.69) is 15.6 Å². The van der Waals surface area contributed by atoms with E-state index in [0.717, 1.165) is 0 Å². The Kier molecular flexibility index (Phi) is 5.54. The largest absolute Gasteiger partial charge is 0.480 e. The van der Waals surface area contributed by atoms with Gasteiger partial charge in [-0.3, -0.25) is 0 Å². The number of aromatic nitrogens is 1. The molecule has 0 saturated heterocycles. The topological polar surface area (TPSA) is 104 Å². The van der Waals surface area contributed by atoms with Crippen molar-refractivity contribution in [3.05, 3.63) is 17.8 Å². The lowest BCUT2D eigenvalue weighted by atomic mass is 9.99. The van der Waals surface area contributed by atoms with E-state index in [1.165, 1.54) is 0 Å². The molecular formula is C13H21N3O4. The van der Waals surface area contributed by atoms with Crippen LogP contribution >= 0.6 is 0 Å². The van der Waals surface area contributed by atoms with Crippen LogP contribution in [0.4, 0.5) is 4.79 Å². The number of rotatable bonds is 6. The molecule has 0 aliphatic rings. The van der Waals surface area contributed by atoms with Crippen molar-refractivity contribution < 1.29 is 19.1 Å². The molecule has 3 atom stereocenters. The second-order valence-corrected chi connectivity index (χ2v) is 4.85. The lowest BCUT2D eigenvalue weighted by molar-refractivity contribution is -0.140. The Morgan fingerprint density at radius 1 is 1.40 bits per heavy atom. The average molecular weight is 283 g/mol. The fourth-order valence-corrected chi connectivity index (χ4v) is 1.70. The summed E-state index contributed by atoms with van der Waals surface area (Å²) in [7, 11) is 0. The number of hydrogen-bond donors (Lipinski definition) is 3. The first-order valence-corrected chi connectivity index (χ1v) is 6.57. The van der Waals surface area contributed by atoms with Crippen LogP contribution in [0.15, 0.2) is 10.6 Å². The Morgan fingerprint density at radius 3 is 2.50 bits per heavy atom. The van der Waals surface area contributed by atoms with Gasteiger partial charge in [-0.1, -0.05) is 20.3 Å². The lowest BCUT2D eigenvalue weighted by Crippen LogP contribution is -2.49. The van der Waals surface area contributed by atoms with Crippen molar-refractivity contribution in [2.45, 2.75) is 46.2 Å². The van der Waals surface area contributed by atoms with Crippen molar-refractivity contribution in [1.82, 2.24) is 15.6 Å². The highest BCUT2D eigenvalue weighted by Gasteiger charge is 2.26. The Hall–Kier alpha value is -2.05. The monoisotopic (exact) mass is 283 g/mol. The number of aryl methyl sites for hydroxylation is 1. The van der Waals surface area contributed by atoms with Crippen molar-refractivity contribution >= 4 is 12.0 Å². The molecule has 7 nitrogen and oxygen atoms in total. The quantitative estimate of drug-likeness (QED) is 0.739. The minimum absolute atomic E-state index is 0.155. The van der Waals surface area contributed by atoms with Gasteiger partial charge in [0.1, 0.15) is 17.8 Å². The van der Waals surface area contributed by atoms with E-state index < -0.39 is 24.1 Å². The third-order valence-electron chi connectivity index (χ3n) is 3.12. The molecule has 3 unspecified atom stereocenters. The van der Waals surface area contributed by atoms with Crippen molar-refractivity contribution in [3.63, 3.8) is 0 Å². The van der Waals surface area contributed by atoms with Gasteiger partial charge in [-0.25, -0.2) is 14.6 Å². The van der Waals surface area contributed by atoms with E-state index >= 15 is 0 Å². The number of amides is 2. The molecule has 0 bridgehead atoms. The predicted octanol–water partition coefficient (Wildman–Crippen LogP) is 1.84. The van der Waals surface area contributed by atoms with E-state index in [9.17, 15) is 9.59 Å². The summed E-state index contributed by atoms with van der Waals surface area (Å²) in [6, 6.07) is -1.91. The third-order valence-corrected chi connectivity index (χ3v) is 3.12. The Labute approximate surface area is 117 Å². The zero-order chi connectivity index (χ0) is 15.3. The Balaban J connectivity index is 2.59. The first-order chi connectivity index (χ1) is 9.35. The molecule has 3 N–H and O–H groups in total. The lowest BCUT2D eigenvalue weighted by Gasteiger charge is -2.21. The number of aliphatic carboxylic acids is 1. The molecule has 0 radical (unpaired) electrons. The van der Waals surface area contributed by atoms with Gasteiger partial charge in [0.05, 0.1) is 6.20 Å². The highest BCUT2D eigenvalue weighted by molar-refractivity contribution is 5.82. The van der Waals surface area contributed by atoms with E-state index in [4.69, 9.17) is 9.52 Å². The fraction of sp³-hybridized carbons (Fsp3) is 0.615. The van der Waals surface area contributed by atoms with E-state index in [1.54, 1.807) is 27.0 Å². The number of oxazole rings is 1. The number of nitrogens with one attached hydrogen (secondary N) is 2. The van der Waals surface area contributed by atoms with Gasteiger partial charge in [0, 0.05) is 0 Å². The number of carbonyl (C=O) groups excluding carboxylic acids is 1. The molecule has 7 heteroatoms. The first kappa shape index (κ1) is 16.0. The molecule has 0 aliphatic heterocycles. The molecule has 0 aliphatic carbocycles. The van der Waals surface area contributed by atoms with Gasteiger partial charge < -0.3 is 20.2 Å². The van der Waals surface area contributed by atoms with Crippen molar-refractivity contribution in [2.24, 2.45) is 5.92 Å². The summed E-state index contributed by atoms with van der Waals surface area (Å²) < 4.78 is 5.30. The van der Waals surface area contributed by atoms with Crippen LogP contribution in [0.1, 0.15) is 44.9 Å². The SMILES string of the molecule is CCC(C)C(NC(=O)NC(C)c1ncc(C)o1)C(=O)O. The molecule has 1 aromatic rings. The number of urea groups is 1. The number of carboxylic acid groups (broad SMARTS) is 1. The average Bonchev–Trinajstić information content (AvgIpc) is 2.81. The molecule has 1 heterocycles. The first-order valence-electron chi connectivity index (χ1n) is 6.57.